The van der Waals surface area contributed by atoms with Crippen molar-refractivity contribution in [3.8, 4) is 0 Å². The van der Waals surface area contributed by atoms with Crippen LogP contribution in [0.2, 0.25) is 0 Å². The maximum absolute atomic E-state index is 5.41. The molecule has 3 rings (SSSR count). The molecule has 0 saturated carbocycles. The van der Waals surface area contributed by atoms with Crippen molar-refractivity contribution in [3.63, 3.8) is 0 Å². The Kier molecular flexibility index (Phi) is 2.95. The van der Waals surface area contributed by atoms with Crippen molar-refractivity contribution < 1.29 is 0 Å². The number of benzene rings is 1. The van der Waals surface area contributed by atoms with Gasteiger partial charge in [0.15, 0.2) is 10.4 Å². The topological polar surface area (TPSA) is 33.6 Å². The van der Waals surface area contributed by atoms with Crippen LogP contribution in [-0.4, -0.2) is 14.5 Å². The van der Waals surface area contributed by atoms with E-state index in [1.54, 1.807) is 0 Å². The normalized spacial score (nSPS) is 11.1. The SMILES string of the molecule is Cc1ccc2[nH]c(=S)n(Cc3ccccc3C)c2n1. The highest BCUT2D eigenvalue weighted by atomic mass is 32.1. The second-order valence-electron chi connectivity index (χ2n) is 4.77. The van der Waals surface area contributed by atoms with E-state index < -0.39 is 0 Å². The zero-order valence-electron chi connectivity index (χ0n) is 11.0. The number of aromatic amines is 1. The van der Waals surface area contributed by atoms with E-state index in [1.165, 1.54) is 11.1 Å². The van der Waals surface area contributed by atoms with Gasteiger partial charge < -0.3 is 4.98 Å². The molecule has 3 nitrogen and oxygen atoms in total. The molecule has 0 fully saturated rings. The summed E-state index contributed by atoms with van der Waals surface area (Å²) >= 11 is 5.41. The largest absolute Gasteiger partial charge is 0.329 e. The smallest absolute Gasteiger partial charge is 0.179 e. The highest BCUT2D eigenvalue weighted by Crippen LogP contribution is 2.16. The second kappa shape index (κ2) is 4.63. The minimum Gasteiger partial charge on any atom is -0.329 e. The third-order valence-corrected chi connectivity index (χ3v) is 3.67. The summed E-state index contributed by atoms with van der Waals surface area (Å²) in [5.41, 5.74) is 5.45. The molecular formula is C15H15N3S. The van der Waals surface area contributed by atoms with Crippen molar-refractivity contribution in [3.05, 3.63) is 58.0 Å². The van der Waals surface area contributed by atoms with Crippen molar-refractivity contribution in [2.24, 2.45) is 0 Å². The fourth-order valence-electron chi connectivity index (χ4n) is 2.23. The van der Waals surface area contributed by atoms with Gasteiger partial charge >= 0.3 is 0 Å². The minimum absolute atomic E-state index is 0.719. The summed E-state index contributed by atoms with van der Waals surface area (Å²) < 4.78 is 2.77. The summed E-state index contributed by atoms with van der Waals surface area (Å²) in [6, 6.07) is 12.4. The molecule has 0 amide bonds. The molecule has 2 heterocycles. The lowest BCUT2D eigenvalue weighted by Gasteiger charge is -2.07. The number of hydrogen-bond acceptors (Lipinski definition) is 2. The van der Waals surface area contributed by atoms with Gasteiger partial charge in [0.05, 0.1) is 12.1 Å². The van der Waals surface area contributed by atoms with Crippen LogP contribution in [0.1, 0.15) is 16.8 Å². The van der Waals surface area contributed by atoms with Gasteiger partial charge in [0.25, 0.3) is 0 Å². The van der Waals surface area contributed by atoms with Crippen molar-refractivity contribution in [1.82, 2.24) is 14.5 Å². The Bertz CT molecular complexity index is 799. The lowest BCUT2D eigenvalue weighted by Crippen LogP contribution is -2.02. The molecule has 3 aromatic rings. The fourth-order valence-corrected chi connectivity index (χ4v) is 2.49. The number of nitrogens with one attached hydrogen (secondary N) is 1. The Hall–Kier alpha value is -1.94. The molecule has 96 valence electrons. The van der Waals surface area contributed by atoms with Crippen LogP contribution in [0, 0.1) is 18.6 Å². The Labute approximate surface area is 116 Å². The molecule has 0 aliphatic heterocycles. The van der Waals surface area contributed by atoms with Crippen LogP contribution >= 0.6 is 12.2 Å². The Balaban J connectivity index is 2.15. The van der Waals surface area contributed by atoms with E-state index in [2.05, 4.69) is 45.7 Å². The van der Waals surface area contributed by atoms with Gasteiger partial charge in [-0.2, -0.15) is 0 Å². The van der Waals surface area contributed by atoms with Crippen LogP contribution in [0.5, 0.6) is 0 Å². The summed E-state index contributed by atoms with van der Waals surface area (Å²) in [7, 11) is 0. The quantitative estimate of drug-likeness (QED) is 0.719. The molecular weight excluding hydrogens is 254 g/mol. The first-order chi connectivity index (χ1) is 9.15. The van der Waals surface area contributed by atoms with E-state index in [9.17, 15) is 0 Å². The molecule has 0 aliphatic carbocycles. The van der Waals surface area contributed by atoms with E-state index in [0.717, 1.165) is 28.2 Å². The monoisotopic (exact) mass is 269 g/mol. The molecule has 0 bridgehead atoms. The van der Waals surface area contributed by atoms with E-state index >= 15 is 0 Å². The predicted octanol–water partition coefficient (Wildman–Crippen LogP) is 3.76. The predicted molar refractivity (Wildman–Crippen MR) is 79.9 cm³/mol. The number of nitrogens with zero attached hydrogens (tertiary/aromatic N) is 2. The van der Waals surface area contributed by atoms with Crippen molar-refractivity contribution in [2.45, 2.75) is 20.4 Å². The average molecular weight is 269 g/mol. The van der Waals surface area contributed by atoms with E-state index in [-0.39, 0.29) is 0 Å². The number of rotatable bonds is 2. The lowest BCUT2D eigenvalue weighted by molar-refractivity contribution is 0.794. The maximum Gasteiger partial charge on any atom is 0.179 e. The molecule has 0 unspecified atom stereocenters. The zero-order valence-corrected chi connectivity index (χ0v) is 11.8. The minimum atomic E-state index is 0.719. The number of H-pyrrole nitrogens is 1. The first-order valence-electron chi connectivity index (χ1n) is 6.26. The second-order valence-corrected chi connectivity index (χ2v) is 5.15. The first-order valence-corrected chi connectivity index (χ1v) is 6.66. The van der Waals surface area contributed by atoms with Crippen LogP contribution in [0.4, 0.5) is 0 Å². The fraction of sp³-hybridized carbons (Fsp3) is 0.200. The number of imidazole rings is 1. The van der Waals surface area contributed by atoms with Crippen LogP contribution < -0.4 is 0 Å². The van der Waals surface area contributed by atoms with Crippen molar-refractivity contribution >= 4 is 23.4 Å². The maximum atomic E-state index is 5.41. The number of pyridine rings is 1. The van der Waals surface area contributed by atoms with Gasteiger partial charge in [-0.3, -0.25) is 4.57 Å². The molecule has 0 atom stereocenters. The number of fused-ring (bicyclic) bond motifs is 1. The number of hydrogen-bond donors (Lipinski definition) is 1. The molecule has 2 aromatic heterocycles. The summed E-state index contributed by atoms with van der Waals surface area (Å²) in [6.45, 7) is 4.86. The van der Waals surface area contributed by atoms with Gasteiger partial charge in [0, 0.05) is 5.69 Å². The van der Waals surface area contributed by atoms with E-state index in [4.69, 9.17) is 12.2 Å². The van der Waals surface area contributed by atoms with E-state index in [0.29, 0.717) is 0 Å². The molecule has 0 aliphatic rings. The zero-order chi connectivity index (χ0) is 13.4. The lowest BCUT2D eigenvalue weighted by atomic mass is 10.1. The van der Waals surface area contributed by atoms with Gasteiger partial charge in [-0.05, 0) is 49.3 Å². The van der Waals surface area contributed by atoms with Gasteiger partial charge in [-0.15, -0.1) is 0 Å². The molecule has 1 aromatic carbocycles. The first kappa shape index (κ1) is 12.1. The molecule has 1 N–H and O–H groups in total. The summed E-state index contributed by atoms with van der Waals surface area (Å²) in [4.78, 5) is 7.80. The molecule has 4 heteroatoms. The van der Waals surface area contributed by atoms with Gasteiger partial charge in [0.1, 0.15) is 0 Å². The van der Waals surface area contributed by atoms with Gasteiger partial charge in [0.2, 0.25) is 0 Å². The van der Waals surface area contributed by atoms with Crippen LogP contribution in [0.25, 0.3) is 11.2 Å². The average Bonchev–Trinajstić information content (AvgIpc) is 2.69. The van der Waals surface area contributed by atoms with Gasteiger partial charge in [-0.25, -0.2) is 4.98 Å². The van der Waals surface area contributed by atoms with Crippen LogP contribution in [0.15, 0.2) is 36.4 Å². The number of aryl methyl sites for hydroxylation is 2. The third kappa shape index (κ3) is 2.19. The van der Waals surface area contributed by atoms with Crippen molar-refractivity contribution in [1.29, 1.82) is 0 Å². The van der Waals surface area contributed by atoms with Crippen LogP contribution in [0.3, 0.4) is 0 Å². The highest BCUT2D eigenvalue weighted by molar-refractivity contribution is 7.71. The molecule has 0 spiro atoms. The van der Waals surface area contributed by atoms with Crippen LogP contribution in [-0.2, 0) is 6.54 Å². The Morgan fingerprint density at radius 2 is 1.95 bits per heavy atom. The summed E-state index contributed by atoms with van der Waals surface area (Å²) in [5.74, 6) is 0. The summed E-state index contributed by atoms with van der Waals surface area (Å²) in [6.07, 6.45) is 0. The number of aromatic nitrogens is 3. The Morgan fingerprint density at radius 1 is 1.16 bits per heavy atom. The molecule has 0 saturated heterocycles. The molecule has 0 radical (unpaired) electrons. The standard InChI is InChI=1S/C15H15N3S/c1-10-5-3-4-6-12(10)9-18-14-13(17-15(18)19)8-7-11(2)16-14/h3-8H,9H2,1-2H3,(H,17,19). The Morgan fingerprint density at radius 3 is 2.74 bits per heavy atom. The van der Waals surface area contributed by atoms with E-state index in [1.807, 2.05) is 19.1 Å². The summed E-state index contributed by atoms with van der Waals surface area (Å²) in [5, 5.41) is 0. The highest BCUT2D eigenvalue weighted by Gasteiger charge is 2.07. The third-order valence-electron chi connectivity index (χ3n) is 3.35. The van der Waals surface area contributed by atoms with Crippen molar-refractivity contribution in [2.75, 3.05) is 0 Å². The molecule has 19 heavy (non-hydrogen) atoms. The van der Waals surface area contributed by atoms with Gasteiger partial charge in [-0.1, -0.05) is 24.3 Å².